The second-order valence-electron chi connectivity index (χ2n) is 2.02. The highest BCUT2D eigenvalue weighted by Crippen LogP contribution is 2.08. The van der Waals surface area contributed by atoms with Crippen molar-refractivity contribution < 1.29 is 0 Å². The van der Waals surface area contributed by atoms with Crippen LogP contribution in [0, 0.1) is 0 Å². The Hall–Kier alpha value is -0.410. The molecular formula is C5H6N2S. The van der Waals surface area contributed by atoms with Gasteiger partial charge in [-0.1, -0.05) is 18.3 Å². The second-order valence-corrected chi connectivity index (χ2v) is 2.46. The van der Waals surface area contributed by atoms with E-state index in [4.69, 9.17) is 12.2 Å². The maximum atomic E-state index is 4.95. The first-order valence-corrected chi connectivity index (χ1v) is 3.02. The molecule has 0 saturated carbocycles. The molecule has 2 atom stereocenters. The van der Waals surface area contributed by atoms with E-state index in [2.05, 4.69) is 22.8 Å². The van der Waals surface area contributed by atoms with Gasteiger partial charge in [-0.05, 0) is 6.08 Å². The van der Waals surface area contributed by atoms with Gasteiger partial charge in [0.15, 0.2) is 0 Å². The summed E-state index contributed by atoms with van der Waals surface area (Å²) in [6.07, 6.45) is 4.50. The fraction of sp³-hybridized carbons (Fsp3) is 0.400. The van der Waals surface area contributed by atoms with Crippen LogP contribution in [0.5, 0.6) is 0 Å². The van der Waals surface area contributed by atoms with Crippen LogP contribution in [-0.2, 0) is 0 Å². The van der Waals surface area contributed by atoms with Gasteiger partial charge in [0.25, 0.3) is 0 Å². The van der Waals surface area contributed by atoms with Gasteiger partial charge in [0.2, 0.25) is 0 Å². The zero-order valence-corrected chi connectivity index (χ0v) is 5.03. The van der Waals surface area contributed by atoms with Crippen LogP contribution >= 0.6 is 12.2 Å². The topological polar surface area (TPSA) is 24.1 Å². The Bertz CT molecular complexity index is 164. The molecule has 2 rings (SSSR count). The highest BCUT2D eigenvalue weighted by molar-refractivity contribution is 7.80. The third-order valence-corrected chi connectivity index (χ3v) is 1.81. The largest absolute Gasteiger partial charge is 0.359 e. The van der Waals surface area contributed by atoms with Crippen LogP contribution in [0.2, 0.25) is 0 Å². The summed E-state index contributed by atoms with van der Waals surface area (Å²) in [5.74, 6) is 0. The summed E-state index contributed by atoms with van der Waals surface area (Å²) >= 11 is 4.95. The van der Waals surface area contributed by atoms with Gasteiger partial charge in [-0.15, -0.1) is 0 Å². The average Bonchev–Trinajstić information content (AvgIpc) is 2.23. The Morgan fingerprint density at radius 1 is 1.50 bits per heavy atom. The number of hydrogen-bond acceptors (Lipinski definition) is 2. The molecule has 3 heteroatoms. The van der Waals surface area contributed by atoms with Gasteiger partial charge in [0.05, 0.1) is 17.2 Å². The van der Waals surface area contributed by atoms with Crippen molar-refractivity contribution in [1.29, 1.82) is 0 Å². The summed E-state index contributed by atoms with van der Waals surface area (Å²) in [7, 11) is 0. The minimum atomic E-state index is 0.326. The molecule has 8 heavy (non-hydrogen) atoms. The number of hydrogen-bond donors (Lipinski definition) is 2. The summed E-state index contributed by atoms with van der Waals surface area (Å²) < 4.78 is 0. The van der Waals surface area contributed by atoms with Crippen molar-refractivity contribution >= 4 is 17.2 Å². The van der Waals surface area contributed by atoms with Crippen molar-refractivity contribution in [2.45, 2.75) is 12.2 Å². The summed E-state index contributed by atoms with van der Waals surface area (Å²) in [5.41, 5.74) is 0. The molecular weight excluding hydrogens is 120 g/mol. The van der Waals surface area contributed by atoms with Gasteiger partial charge in [-0.25, -0.2) is 0 Å². The van der Waals surface area contributed by atoms with Crippen molar-refractivity contribution in [1.82, 2.24) is 10.6 Å². The molecule has 0 amide bonds. The Labute approximate surface area is 53.0 Å². The van der Waals surface area contributed by atoms with E-state index in [0.717, 1.165) is 4.99 Å². The third kappa shape index (κ3) is 0.428. The van der Waals surface area contributed by atoms with Crippen molar-refractivity contribution in [2.75, 3.05) is 0 Å². The van der Waals surface area contributed by atoms with E-state index in [-0.39, 0.29) is 0 Å². The molecule has 0 aromatic carbocycles. The minimum Gasteiger partial charge on any atom is -0.359 e. The first-order valence-electron chi connectivity index (χ1n) is 2.61. The standard InChI is InChI=1S/C5H6N2S/c8-5-3-1-2-4(6-3)7-5/h1-4,6H,(H,7,8). The summed E-state index contributed by atoms with van der Waals surface area (Å²) in [4.78, 5) is 0.928. The molecule has 42 valence electrons. The van der Waals surface area contributed by atoms with Crippen molar-refractivity contribution in [3.63, 3.8) is 0 Å². The smallest absolute Gasteiger partial charge is 0.0981 e. The minimum absolute atomic E-state index is 0.326. The predicted octanol–water partition coefficient (Wildman–Crippen LogP) is -0.229. The zero-order valence-electron chi connectivity index (χ0n) is 4.22. The van der Waals surface area contributed by atoms with Gasteiger partial charge in [0.1, 0.15) is 0 Å². The molecule has 2 heterocycles. The summed E-state index contributed by atoms with van der Waals surface area (Å²) in [6.45, 7) is 0. The normalized spacial score (nSPS) is 40.8. The number of nitrogens with one attached hydrogen (secondary N) is 2. The zero-order chi connectivity index (χ0) is 5.56. The average molecular weight is 126 g/mol. The van der Waals surface area contributed by atoms with Gasteiger partial charge >= 0.3 is 0 Å². The highest BCUT2D eigenvalue weighted by Gasteiger charge is 2.28. The summed E-state index contributed by atoms with van der Waals surface area (Å²) in [5, 5.41) is 6.30. The summed E-state index contributed by atoms with van der Waals surface area (Å²) in [6, 6.07) is 0.329. The fourth-order valence-corrected chi connectivity index (χ4v) is 1.30. The quantitative estimate of drug-likeness (QED) is 0.346. The molecule has 2 N–H and O–H groups in total. The lowest BCUT2D eigenvalue weighted by Gasteiger charge is -2.02. The van der Waals surface area contributed by atoms with Crippen LogP contribution in [0.1, 0.15) is 0 Å². The molecule has 1 fully saturated rings. The van der Waals surface area contributed by atoms with Crippen LogP contribution in [0.25, 0.3) is 0 Å². The molecule has 2 aliphatic rings. The molecule has 2 nitrogen and oxygen atoms in total. The maximum absolute atomic E-state index is 4.95. The molecule has 0 spiro atoms. The van der Waals surface area contributed by atoms with Crippen LogP contribution in [-0.4, -0.2) is 17.2 Å². The van der Waals surface area contributed by atoms with Crippen LogP contribution in [0.15, 0.2) is 12.2 Å². The van der Waals surface area contributed by atoms with Gasteiger partial charge < -0.3 is 5.32 Å². The van der Waals surface area contributed by atoms with E-state index < -0.39 is 0 Å². The number of thiocarbonyl (C=S) groups is 1. The Kier molecular flexibility index (Phi) is 0.725. The van der Waals surface area contributed by atoms with Crippen LogP contribution in [0.3, 0.4) is 0 Å². The first-order chi connectivity index (χ1) is 3.86. The molecule has 0 aromatic heterocycles. The lowest BCUT2D eigenvalue weighted by Crippen LogP contribution is -2.28. The van der Waals surface area contributed by atoms with Gasteiger partial charge in [-0.3, -0.25) is 5.32 Å². The third-order valence-electron chi connectivity index (χ3n) is 1.44. The van der Waals surface area contributed by atoms with E-state index in [1.54, 1.807) is 0 Å². The van der Waals surface area contributed by atoms with Crippen molar-refractivity contribution in [2.24, 2.45) is 0 Å². The van der Waals surface area contributed by atoms with E-state index in [1.807, 2.05) is 0 Å². The SMILES string of the molecule is S=C1NC2C=CC1N2. The molecule has 2 bridgehead atoms. The maximum Gasteiger partial charge on any atom is 0.0981 e. The second kappa shape index (κ2) is 1.30. The van der Waals surface area contributed by atoms with Crippen LogP contribution in [0.4, 0.5) is 0 Å². The number of fused-ring (bicyclic) bond motifs is 2. The fourth-order valence-electron chi connectivity index (χ4n) is 1.02. The molecule has 1 saturated heterocycles. The molecule has 0 aromatic rings. The van der Waals surface area contributed by atoms with Crippen molar-refractivity contribution in [3.8, 4) is 0 Å². The van der Waals surface area contributed by atoms with Gasteiger partial charge in [-0.2, -0.15) is 0 Å². The molecule has 0 radical (unpaired) electrons. The molecule has 0 aliphatic carbocycles. The van der Waals surface area contributed by atoms with Crippen molar-refractivity contribution in [3.05, 3.63) is 12.2 Å². The monoisotopic (exact) mass is 126 g/mol. The molecule has 2 unspecified atom stereocenters. The van der Waals surface area contributed by atoms with E-state index in [0.29, 0.717) is 12.2 Å². The lowest BCUT2D eigenvalue weighted by molar-refractivity contribution is 0.681. The van der Waals surface area contributed by atoms with E-state index in [1.165, 1.54) is 0 Å². The highest BCUT2D eigenvalue weighted by atomic mass is 32.1. The van der Waals surface area contributed by atoms with Gasteiger partial charge in [0, 0.05) is 0 Å². The predicted molar refractivity (Wildman–Crippen MR) is 35.6 cm³/mol. The Balaban J connectivity index is 2.35. The number of rotatable bonds is 0. The first kappa shape index (κ1) is 4.47. The van der Waals surface area contributed by atoms with Crippen LogP contribution < -0.4 is 10.6 Å². The van der Waals surface area contributed by atoms with E-state index >= 15 is 0 Å². The Morgan fingerprint density at radius 3 is 2.62 bits per heavy atom. The Morgan fingerprint density at radius 2 is 2.38 bits per heavy atom. The lowest BCUT2D eigenvalue weighted by atomic mass is 10.3. The molecule has 2 aliphatic heterocycles. The van der Waals surface area contributed by atoms with E-state index in [9.17, 15) is 0 Å².